The Hall–Kier alpha value is -1.22. The fourth-order valence-corrected chi connectivity index (χ4v) is 9.71. The van der Waals surface area contributed by atoms with E-state index < -0.39 is 5.79 Å². The van der Waals surface area contributed by atoms with Gasteiger partial charge in [0, 0.05) is 38.2 Å². The number of esters is 2. The third kappa shape index (κ3) is 4.53. The van der Waals surface area contributed by atoms with Gasteiger partial charge >= 0.3 is 11.9 Å². The molecule has 5 aliphatic rings. The van der Waals surface area contributed by atoms with Gasteiger partial charge in [-0.05, 0) is 75.0 Å². The smallest absolute Gasteiger partial charge is 0.302 e. The molecule has 5 rings (SSSR count). The molecule has 8 heteroatoms. The highest BCUT2D eigenvalue weighted by Crippen LogP contribution is 2.70. The molecule has 1 saturated heterocycles. The molecule has 210 valence electrons. The summed E-state index contributed by atoms with van der Waals surface area (Å²) in [6, 6.07) is 0. The second kappa shape index (κ2) is 10.1. The summed E-state index contributed by atoms with van der Waals surface area (Å²) < 4.78 is 35.9. The number of hydrogen-bond donors (Lipinski definition) is 0. The number of carbonyl (C=O) groups is 2. The van der Waals surface area contributed by atoms with Gasteiger partial charge in [-0.2, -0.15) is 0 Å². The van der Waals surface area contributed by atoms with Crippen molar-refractivity contribution in [1.29, 1.82) is 0 Å². The molecule has 4 saturated carbocycles. The van der Waals surface area contributed by atoms with Crippen LogP contribution >= 0.6 is 0 Å². The van der Waals surface area contributed by atoms with Crippen LogP contribution in [-0.4, -0.2) is 63.2 Å². The monoisotopic (exact) mass is 522 g/mol. The van der Waals surface area contributed by atoms with Crippen molar-refractivity contribution in [2.75, 3.05) is 27.1 Å². The summed E-state index contributed by atoms with van der Waals surface area (Å²) in [5, 5.41) is 0. The van der Waals surface area contributed by atoms with Gasteiger partial charge in [-0.15, -0.1) is 0 Å². The third-order valence-electron chi connectivity index (χ3n) is 11.2. The first kappa shape index (κ1) is 27.4. The number of methoxy groups -OCH3 is 1. The van der Waals surface area contributed by atoms with E-state index in [2.05, 4.69) is 20.8 Å². The molecule has 0 bridgehead atoms. The molecule has 1 aliphatic heterocycles. The summed E-state index contributed by atoms with van der Waals surface area (Å²) in [4.78, 5) is 24.8. The minimum Gasteiger partial charge on any atom is -0.462 e. The van der Waals surface area contributed by atoms with Crippen LogP contribution in [0.2, 0.25) is 0 Å². The van der Waals surface area contributed by atoms with Gasteiger partial charge < -0.3 is 28.4 Å². The average molecular weight is 523 g/mol. The Balaban J connectivity index is 1.52. The maximum atomic E-state index is 12.4. The maximum absolute atomic E-state index is 12.4. The summed E-state index contributed by atoms with van der Waals surface area (Å²) in [6.07, 6.45) is 6.29. The second-order valence-corrected chi connectivity index (χ2v) is 12.9. The lowest BCUT2D eigenvalue weighted by Crippen LogP contribution is -2.64. The molecule has 0 amide bonds. The molecule has 0 aromatic rings. The van der Waals surface area contributed by atoms with Crippen LogP contribution < -0.4 is 0 Å². The van der Waals surface area contributed by atoms with Crippen molar-refractivity contribution in [3.8, 4) is 0 Å². The third-order valence-corrected chi connectivity index (χ3v) is 11.2. The van der Waals surface area contributed by atoms with E-state index >= 15 is 0 Å². The van der Waals surface area contributed by atoms with Crippen LogP contribution in [0, 0.1) is 40.4 Å². The predicted molar refractivity (Wildman–Crippen MR) is 134 cm³/mol. The fraction of sp³-hybridized carbons (Fsp3) is 0.931. The van der Waals surface area contributed by atoms with Crippen molar-refractivity contribution in [3.63, 3.8) is 0 Å². The van der Waals surface area contributed by atoms with Crippen molar-refractivity contribution in [2.24, 2.45) is 40.4 Å². The minimum atomic E-state index is -0.691. The molecule has 1 heterocycles. The molecule has 37 heavy (non-hydrogen) atoms. The van der Waals surface area contributed by atoms with Crippen LogP contribution in [0.1, 0.15) is 79.6 Å². The molecule has 0 aromatic heterocycles. The van der Waals surface area contributed by atoms with Gasteiger partial charge in [0.05, 0.1) is 19.3 Å². The van der Waals surface area contributed by atoms with E-state index in [-0.39, 0.29) is 58.8 Å². The van der Waals surface area contributed by atoms with Gasteiger partial charge in [0.15, 0.2) is 5.79 Å². The minimum absolute atomic E-state index is 0.0658. The van der Waals surface area contributed by atoms with Crippen LogP contribution in [0.4, 0.5) is 0 Å². The highest BCUT2D eigenvalue weighted by atomic mass is 16.7. The van der Waals surface area contributed by atoms with E-state index in [1.807, 2.05) is 0 Å². The molecule has 8 nitrogen and oxygen atoms in total. The zero-order valence-corrected chi connectivity index (χ0v) is 23.5. The second-order valence-electron chi connectivity index (χ2n) is 12.9. The highest BCUT2D eigenvalue weighted by molar-refractivity contribution is 5.66. The van der Waals surface area contributed by atoms with Crippen molar-refractivity contribution < 1.29 is 38.0 Å². The Morgan fingerprint density at radius 1 is 0.892 bits per heavy atom. The molecule has 0 radical (unpaired) electrons. The summed E-state index contributed by atoms with van der Waals surface area (Å²) in [7, 11) is 1.65. The largest absolute Gasteiger partial charge is 0.462 e. The van der Waals surface area contributed by atoms with E-state index in [9.17, 15) is 9.59 Å². The Morgan fingerprint density at radius 3 is 2.24 bits per heavy atom. The van der Waals surface area contributed by atoms with Gasteiger partial charge in [-0.25, -0.2) is 0 Å². The van der Waals surface area contributed by atoms with Crippen LogP contribution in [0.15, 0.2) is 0 Å². The lowest BCUT2D eigenvalue weighted by molar-refractivity contribution is -0.258. The Morgan fingerprint density at radius 2 is 1.59 bits per heavy atom. The number of ether oxygens (including phenoxy) is 6. The van der Waals surface area contributed by atoms with Gasteiger partial charge in [-0.3, -0.25) is 9.59 Å². The topological polar surface area (TPSA) is 89.5 Å². The molecule has 0 aromatic carbocycles. The first-order valence-electron chi connectivity index (χ1n) is 14.3. The first-order valence-corrected chi connectivity index (χ1v) is 14.3. The SMILES string of the molecule is COCO[C@@H]1CC[C@@]2(C)[C@@H](C1)C[C@@H](OC(C)=O)[C@@H]1[C@@H]2C[C@H](OC(C)=O)[C@]2(C)[C@@H](C3(C)OCCO3)CC[C@@H]12. The molecule has 10 atom stereocenters. The molecule has 0 N–H and O–H groups in total. The van der Waals surface area contributed by atoms with E-state index in [4.69, 9.17) is 28.4 Å². The van der Waals surface area contributed by atoms with Crippen molar-refractivity contribution >= 4 is 11.9 Å². The Kier molecular flexibility index (Phi) is 7.44. The van der Waals surface area contributed by atoms with Crippen molar-refractivity contribution in [1.82, 2.24) is 0 Å². The maximum Gasteiger partial charge on any atom is 0.302 e. The number of hydrogen-bond acceptors (Lipinski definition) is 8. The van der Waals surface area contributed by atoms with Gasteiger partial charge in [0.1, 0.15) is 19.0 Å². The predicted octanol–water partition coefficient (Wildman–Crippen LogP) is 4.48. The number of rotatable bonds is 6. The molecule has 0 unspecified atom stereocenters. The zero-order valence-electron chi connectivity index (χ0n) is 23.5. The van der Waals surface area contributed by atoms with Crippen LogP contribution in [0.5, 0.6) is 0 Å². The normalized spacial score (nSPS) is 46.4. The summed E-state index contributed by atoms with van der Waals surface area (Å²) in [5.74, 6) is 0.0680. The van der Waals surface area contributed by atoms with Gasteiger partial charge in [0.25, 0.3) is 0 Å². The van der Waals surface area contributed by atoms with Crippen molar-refractivity contribution in [3.05, 3.63) is 0 Å². The zero-order chi connectivity index (χ0) is 26.6. The summed E-state index contributed by atoms with van der Waals surface area (Å²) in [5.41, 5.74) is -0.261. The van der Waals surface area contributed by atoms with Crippen molar-refractivity contribution in [2.45, 2.75) is 104 Å². The standard InChI is InChI=1S/C29H46O8/c1-17(30)36-23-14-19-13-20(33-16-32-6)9-10-27(19,3)22-15-25(37-18(2)31)28(4)21(26(22)23)7-8-24(28)29(5)34-11-12-35-29/h19-26H,7-16H2,1-6H3/t19-,20+,21-,22-,23+,24-,25-,26-,27-,28-/m0/s1. The van der Waals surface area contributed by atoms with Crippen LogP contribution in [-0.2, 0) is 38.0 Å². The van der Waals surface area contributed by atoms with Crippen LogP contribution in [0.25, 0.3) is 0 Å². The molecule has 5 fully saturated rings. The average Bonchev–Trinajstić information content (AvgIpc) is 3.42. The molecular weight excluding hydrogens is 476 g/mol. The molecule has 0 spiro atoms. The number of carbonyl (C=O) groups excluding carboxylic acids is 2. The van der Waals surface area contributed by atoms with E-state index in [1.165, 1.54) is 13.8 Å². The summed E-state index contributed by atoms with van der Waals surface area (Å²) in [6.45, 7) is 11.3. The van der Waals surface area contributed by atoms with E-state index in [1.54, 1.807) is 7.11 Å². The van der Waals surface area contributed by atoms with Crippen LogP contribution in [0.3, 0.4) is 0 Å². The molecule has 4 aliphatic carbocycles. The quantitative estimate of drug-likeness (QED) is 0.373. The van der Waals surface area contributed by atoms with Gasteiger partial charge in [0.2, 0.25) is 0 Å². The Bertz CT molecular complexity index is 870. The van der Waals surface area contributed by atoms with E-state index in [0.29, 0.717) is 31.8 Å². The van der Waals surface area contributed by atoms with E-state index in [0.717, 1.165) is 44.9 Å². The molecular formula is C29H46O8. The van der Waals surface area contributed by atoms with Gasteiger partial charge in [-0.1, -0.05) is 13.8 Å². The fourth-order valence-electron chi connectivity index (χ4n) is 9.71. The number of fused-ring (bicyclic) bond motifs is 5. The highest BCUT2D eigenvalue weighted by Gasteiger charge is 2.70. The lowest BCUT2D eigenvalue weighted by Gasteiger charge is -2.64. The first-order chi connectivity index (χ1) is 17.5. The summed E-state index contributed by atoms with van der Waals surface area (Å²) >= 11 is 0. The Labute approximate surface area is 221 Å². The lowest BCUT2D eigenvalue weighted by atomic mass is 9.43.